The van der Waals surface area contributed by atoms with Crippen molar-refractivity contribution in [1.82, 2.24) is 5.32 Å². The molecule has 1 fully saturated rings. The molecule has 0 aromatic rings. The number of nitrogens with one attached hydrogen (secondary N) is 1. The highest BCUT2D eigenvalue weighted by Crippen LogP contribution is 2.20. The van der Waals surface area contributed by atoms with E-state index in [0.717, 1.165) is 11.9 Å². The first-order chi connectivity index (χ1) is 5.93. The fraction of sp³-hybridized carbons (Fsp3) is 1.00. The monoisotopic (exact) mass is 189 g/mol. The molecule has 0 atom stereocenters. The summed E-state index contributed by atoms with van der Waals surface area (Å²) in [5.41, 5.74) is 0. The lowest BCUT2D eigenvalue weighted by Gasteiger charge is -2.21. The minimum Gasteiger partial charge on any atom is -0.385 e. The summed E-state index contributed by atoms with van der Waals surface area (Å²) in [7, 11) is 1.77. The Labute approximate surface area is 79.4 Å². The first kappa shape index (κ1) is 10.4. The molecule has 0 amide bonds. The molecule has 0 spiro atoms. The van der Waals surface area contributed by atoms with E-state index in [1.54, 1.807) is 7.11 Å². The van der Waals surface area contributed by atoms with Crippen LogP contribution >= 0.6 is 11.8 Å². The first-order valence-corrected chi connectivity index (χ1v) is 5.79. The average molecular weight is 189 g/mol. The van der Waals surface area contributed by atoms with Crippen LogP contribution in [0.5, 0.6) is 0 Å². The van der Waals surface area contributed by atoms with Gasteiger partial charge in [-0.2, -0.15) is 11.8 Å². The summed E-state index contributed by atoms with van der Waals surface area (Å²) in [5.74, 6) is 1.26. The summed E-state index contributed by atoms with van der Waals surface area (Å²) in [4.78, 5) is 0. The maximum Gasteiger partial charge on any atom is 0.0470 e. The van der Waals surface area contributed by atoms with Crippen LogP contribution in [-0.4, -0.2) is 37.8 Å². The van der Waals surface area contributed by atoms with E-state index in [4.69, 9.17) is 4.74 Å². The zero-order valence-electron chi connectivity index (χ0n) is 7.84. The molecule has 0 bridgehead atoms. The molecule has 72 valence electrons. The summed E-state index contributed by atoms with van der Waals surface area (Å²) in [6, 6.07) is 0. The third-order valence-corrected chi connectivity index (χ3v) is 3.60. The average Bonchev–Trinajstić information content (AvgIpc) is 2.14. The lowest BCUT2D eigenvalue weighted by atomic mass is 10.2. The Kier molecular flexibility index (Phi) is 5.82. The van der Waals surface area contributed by atoms with Gasteiger partial charge in [-0.05, 0) is 38.1 Å². The lowest BCUT2D eigenvalue weighted by molar-refractivity contribution is 0.200. The number of piperidine rings is 1. The van der Waals surface area contributed by atoms with Crippen molar-refractivity contribution in [3.8, 4) is 0 Å². The van der Waals surface area contributed by atoms with E-state index in [-0.39, 0.29) is 0 Å². The van der Waals surface area contributed by atoms with Gasteiger partial charge in [-0.3, -0.25) is 0 Å². The first-order valence-electron chi connectivity index (χ1n) is 4.74. The van der Waals surface area contributed by atoms with E-state index in [1.807, 2.05) is 0 Å². The molecule has 1 saturated heterocycles. The lowest BCUT2D eigenvalue weighted by Crippen LogP contribution is -2.29. The zero-order valence-corrected chi connectivity index (χ0v) is 8.66. The van der Waals surface area contributed by atoms with Crippen LogP contribution in [0.3, 0.4) is 0 Å². The number of hydrogen-bond donors (Lipinski definition) is 1. The predicted molar refractivity (Wildman–Crippen MR) is 54.8 cm³/mol. The molecule has 1 N–H and O–H groups in total. The highest BCUT2D eigenvalue weighted by Gasteiger charge is 2.12. The Balaban J connectivity index is 1.91. The van der Waals surface area contributed by atoms with E-state index < -0.39 is 0 Å². The van der Waals surface area contributed by atoms with E-state index in [9.17, 15) is 0 Å². The molecule has 1 aliphatic heterocycles. The number of rotatable bonds is 5. The Bertz CT molecular complexity index is 105. The Morgan fingerprint density at radius 2 is 2.17 bits per heavy atom. The van der Waals surface area contributed by atoms with Crippen molar-refractivity contribution in [2.75, 3.05) is 32.6 Å². The Morgan fingerprint density at radius 1 is 1.42 bits per heavy atom. The van der Waals surface area contributed by atoms with Crippen molar-refractivity contribution in [1.29, 1.82) is 0 Å². The SMILES string of the molecule is COCCCSC1CCNCC1. The van der Waals surface area contributed by atoms with Gasteiger partial charge in [0.05, 0.1) is 0 Å². The summed E-state index contributed by atoms with van der Waals surface area (Å²) >= 11 is 2.12. The predicted octanol–water partition coefficient (Wildman–Crippen LogP) is 1.51. The topological polar surface area (TPSA) is 21.3 Å². The molecule has 1 heterocycles. The van der Waals surface area contributed by atoms with Gasteiger partial charge in [0.1, 0.15) is 0 Å². The third kappa shape index (κ3) is 4.33. The second-order valence-corrected chi connectivity index (χ2v) is 4.57. The van der Waals surface area contributed by atoms with Gasteiger partial charge >= 0.3 is 0 Å². The number of thioether (sulfide) groups is 1. The quantitative estimate of drug-likeness (QED) is 0.662. The minimum atomic E-state index is 0.906. The van der Waals surface area contributed by atoms with Gasteiger partial charge in [0, 0.05) is 19.0 Å². The van der Waals surface area contributed by atoms with Crippen LogP contribution < -0.4 is 5.32 Å². The maximum absolute atomic E-state index is 5.01. The van der Waals surface area contributed by atoms with Crippen LogP contribution in [0.15, 0.2) is 0 Å². The van der Waals surface area contributed by atoms with Crippen molar-refractivity contribution >= 4 is 11.8 Å². The number of hydrogen-bond acceptors (Lipinski definition) is 3. The minimum absolute atomic E-state index is 0.906. The molecule has 12 heavy (non-hydrogen) atoms. The van der Waals surface area contributed by atoms with Crippen LogP contribution in [0.1, 0.15) is 19.3 Å². The number of methoxy groups -OCH3 is 1. The van der Waals surface area contributed by atoms with Crippen LogP contribution in [0.25, 0.3) is 0 Å². The molecule has 1 aliphatic rings. The van der Waals surface area contributed by atoms with Crippen molar-refractivity contribution in [2.24, 2.45) is 0 Å². The molecule has 0 unspecified atom stereocenters. The Hall–Kier alpha value is 0.270. The molecule has 3 heteroatoms. The van der Waals surface area contributed by atoms with E-state index in [0.29, 0.717) is 0 Å². The summed E-state index contributed by atoms with van der Waals surface area (Å²) in [6.07, 6.45) is 3.89. The molecule has 0 radical (unpaired) electrons. The fourth-order valence-corrected chi connectivity index (χ4v) is 2.60. The fourth-order valence-electron chi connectivity index (χ4n) is 1.42. The van der Waals surface area contributed by atoms with Crippen molar-refractivity contribution in [3.05, 3.63) is 0 Å². The molecule has 0 aromatic carbocycles. The van der Waals surface area contributed by atoms with Crippen LogP contribution in [0.4, 0.5) is 0 Å². The van der Waals surface area contributed by atoms with E-state index in [1.165, 1.54) is 38.1 Å². The van der Waals surface area contributed by atoms with E-state index in [2.05, 4.69) is 17.1 Å². The third-order valence-electron chi connectivity index (χ3n) is 2.13. The van der Waals surface area contributed by atoms with Gasteiger partial charge in [-0.1, -0.05) is 0 Å². The largest absolute Gasteiger partial charge is 0.385 e. The summed E-state index contributed by atoms with van der Waals surface area (Å²) in [6.45, 7) is 3.34. The molecule has 0 aliphatic carbocycles. The normalized spacial score (nSPS) is 19.8. The second-order valence-electron chi connectivity index (χ2n) is 3.17. The van der Waals surface area contributed by atoms with Gasteiger partial charge in [-0.25, -0.2) is 0 Å². The molecule has 2 nitrogen and oxygen atoms in total. The van der Waals surface area contributed by atoms with Gasteiger partial charge in [0.25, 0.3) is 0 Å². The molecule has 0 aromatic heterocycles. The van der Waals surface area contributed by atoms with Gasteiger partial charge in [0.2, 0.25) is 0 Å². The summed E-state index contributed by atoms with van der Waals surface area (Å²) < 4.78 is 5.01. The van der Waals surface area contributed by atoms with Gasteiger partial charge < -0.3 is 10.1 Å². The van der Waals surface area contributed by atoms with Crippen molar-refractivity contribution < 1.29 is 4.74 Å². The van der Waals surface area contributed by atoms with Crippen molar-refractivity contribution in [3.63, 3.8) is 0 Å². The smallest absolute Gasteiger partial charge is 0.0470 e. The molecule has 1 rings (SSSR count). The molecule has 0 saturated carbocycles. The zero-order chi connectivity index (χ0) is 8.65. The van der Waals surface area contributed by atoms with Crippen LogP contribution in [-0.2, 0) is 4.74 Å². The second kappa shape index (κ2) is 6.75. The molecular formula is C9H19NOS. The van der Waals surface area contributed by atoms with E-state index >= 15 is 0 Å². The van der Waals surface area contributed by atoms with Gasteiger partial charge in [0.15, 0.2) is 0 Å². The highest BCUT2D eigenvalue weighted by atomic mass is 32.2. The van der Waals surface area contributed by atoms with Crippen LogP contribution in [0, 0.1) is 0 Å². The molecular weight excluding hydrogens is 170 g/mol. The highest BCUT2D eigenvalue weighted by molar-refractivity contribution is 7.99. The number of ether oxygens (including phenoxy) is 1. The van der Waals surface area contributed by atoms with Gasteiger partial charge in [-0.15, -0.1) is 0 Å². The maximum atomic E-state index is 5.01. The standard InChI is InChI=1S/C9H19NOS/c1-11-7-2-8-12-9-3-5-10-6-4-9/h9-10H,2-8H2,1H3. The summed E-state index contributed by atoms with van der Waals surface area (Å²) in [5, 5.41) is 4.28. The Morgan fingerprint density at radius 3 is 2.83 bits per heavy atom. The van der Waals surface area contributed by atoms with Crippen molar-refractivity contribution in [2.45, 2.75) is 24.5 Å². The van der Waals surface area contributed by atoms with Crippen LogP contribution in [0.2, 0.25) is 0 Å².